The van der Waals surface area contributed by atoms with E-state index in [0.717, 1.165) is 5.56 Å². The molecule has 2 aromatic rings. The van der Waals surface area contributed by atoms with Crippen LogP contribution in [0.25, 0.3) is 0 Å². The third-order valence-electron chi connectivity index (χ3n) is 3.97. The molecule has 0 bridgehead atoms. The van der Waals surface area contributed by atoms with Crippen molar-refractivity contribution in [2.24, 2.45) is 5.92 Å². The largest absolute Gasteiger partial charge is 0.388 e. The second-order valence-electron chi connectivity index (χ2n) is 6.16. The average Bonchev–Trinajstić information content (AvgIpc) is 2.53. The van der Waals surface area contributed by atoms with Crippen molar-refractivity contribution in [1.82, 2.24) is 0 Å². The SMILES string of the molecule is C[C@@H](/C=C/[Si](C)(C)c1ccccc1)[C@H](O)c1ccccc1. The lowest BCUT2D eigenvalue weighted by molar-refractivity contribution is 0.140. The summed E-state index contributed by atoms with van der Waals surface area (Å²) in [4.78, 5) is 0. The van der Waals surface area contributed by atoms with Crippen LogP contribution in [0.3, 0.4) is 0 Å². The molecule has 0 saturated heterocycles. The first-order valence-corrected chi connectivity index (χ1v) is 10.6. The average molecular weight is 296 g/mol. The summed E-state index contributed by atoms with van der Waals surface area (Å²) in [7, 11) is -1.58. The molecule has 2 heteroatoms. The van der Waals surface area contributed by atoms with Crippen LogP contribution in [0, 0.1) is 5.92 Å². The van der Waals surface area contributed by atoms with E-state index in [1.165, 1.54) is 5.19 Å². The van der Waals surface area contributed by atoms with Crippen molar-refractivity contribution >= 4 is 13.3 Å². The van der Waals surface area contributed by atoms with Crippen LogP contribution in [0.1, 0.15) is 18.6 Å². The number of hydrogen-bond acceptors (Lipinski definition) is 1. The minimum Gasteiger partial charge on any atom is -0.388 e. The first-order chi connectivity index (χ1) is 10.0. The normalized spacial score (nSPS) is 15.0. The minimum absolute atomic E-state index is 0.114. The maximum absolute atomic E-state index is 10.4. The van der Waals surface area contributed by atoms with Gasteiger partial charge in [0.25, 0.3) is 0 Å². The molecule has 1 nitrogen and oxygen atoms in total. The highest BCUT2D eigenvalue weighted by Gasteiger charge is 2.21. The maximum Gasteiger partial charge on any atom is 0.103 e. The molecule has 2 atom stereocenters. The quantitative estimate of drug-likeness (QED) is 0.825. The van der Waals surface area contributed by atoms with Crippen molar-refractivity contribution in [3.8, 4) is 0 Å². The van der Waals surface area contributed by atoms with E-state index in [9.17, 15) is 5.11 Å². The van der Waals surface area contributed by atoms with Gasteiger partial charge in [-0.2, -0.15) is 0 Å². The van der Waals surface area contributed by atoms with Crippen LogP contribution in [0.15, 0.2) is 72.4 Å². The number of hydrogen-bond donors (Lipinski definition) is 1. The van der Waals surface area contributed by atoms with Gasteiger partial charge < -0.3 is 5.11 Å². The summed E-state index contributed by atoms with van der Waals surface area (Å²) in [6.07, 6.45) is 1.74. The fourth-order valence-corrected chi connectivity index (χ4v) is 4.44. The van der Waals surface area contributed by atoms with Crippen molar-refractivity contribution in [3.05, 3.63) is 78.0 Å². The molecular formula is C19H24OSi. The van der Waals surface area contributed by atoms with Gasteiger partial charge in [-0.3, -0.25) is 0 Å². The lowest BCUT2D eigenvalue weighted by Gasteiger charge is -2.21. The summed E-state index contributed by atoms with van der Waals surface area (Å²) < 4.78 is 0. The van der Waals surface area contributed by atoms with Gasteiger partial charge in [0.2, 0.25) is 0 Å². The Balaban J connectivity index is 2.10. The van der Waals surface area contributed by atoms with Gasteiger partial charge in [0.15, 0.2) is 0 Å². The molecule has 110 valence electrons. The number of benzene rings is 2. The standard InChI is InChI=1S/C19H24OSi/c1-16(19(20)17-10-6-4-7-11-17)14-15-21(2,3)18-12-8-5-9-13-18/h4-16,19-20H,1-3H3/b15-14+/t16-,19-/m0/s1. The number of rotatable bonds is 5. The Morgan fingerprint density at radius 1 is 0.905 bits per heavy atom. The molecule has 0 aliphatic rings. The highest BCUT2D eigenvalue weighted by atomic mass is 28.3. The topological polar surface area (TPSA) is 20.2 Å². The van der Waals surface area contributed by atoms with Gasteiger partial charge in [-0.1, -0.05) is 97.6 Å². The van der Waals surface area contributed by atoms with Crippen LogP contribution >= 0.6 is 0 Å². The molecule has 0 radical (unpaired) electrons. The second kappa shape index (κ2) is 6.88. The molecule has 0 aliphatic heterocycles. The summed E-state index contributed by atoms with van der Waals surface area (Å²) in [6, 6.07) is 20.5. The highest BCUT2D eigenvalue weighted by molar-refractivity contribution is 6.93. The lowest BCUT2D eigenvalue weighted by Crippen LogP contribution is -2.39. The number of aliphatic hydroxyl groups excluding tert-OH is 1. The van der Waals surface area contributed by atoms with E-state index >= 15 is 0 Å². The van der Waals surface area contributed by atoms with Gasteiger partial charge >= 0.3 is 0 Å². The zero-order valence-corrected chi connectivity index (χ0v) is 14.0. The van der Waals surface area contributed by atoms with Crippen LogP contribution < -0.4 is 5.19 Å². The summed E-state index contributed by atoms with van der Waals surface area (Å²) in [5.74, 6) is 0.114. The molecule has 0 saturated carbocycles. The smallest absolute Gasteiger partial charge is 0.103 e. The molecule has 0 aromatic heterocycles. The molecule has 0 spiro atoms. The molecule has 0 heterocycles. The molecular weight excluding hydrogens is 272 g/mol. The van der Waals surface area contributed by atoms with Crippen LogP contribution in [-0.4, -0.2) is 13.2 Å². The zero-order chi connectivity index (χ0) is 15.3. The van der Waals surface area contributed by atoms with Gasteiger partial charge in [0.1, 0.15) is 8.07 Å². The third-order valence-corrected chi connectivity index (χ3v) is 6.82. The van der Waals surface area contributed by atoms with Gasteiger partial charge in [0.05, 0.1) is 6.10 Å². The molecule has 2 rings (SSSR count). The summed E-state index contributed by atoms with van der Waals surface area (Å²) >= 11 is 0. The predicted molar refractivity (Wildman–Crippen MR) is 93.3 cm³/mol. The molecule has 2 aromatic carbocycles. The summed E-state index contributed by atoms with van der Waals surface area (Å²) in [6.45, 7) is 6.74. The first-order valence-electron chi connectivity index (χ1n) is 7.48. The molecule has 0 aliphatic carbocycles. The Kier molecular flexibility index (Phi) is 5.15. The Hall–Kier alpha value is -1.64. The van der Waals surface area contributed by atoms with E-state index < -0.39 is 14.2 Å². The Bertz CT molecular complexity index is 575. The van der Waals surface area contributed by atoms with Crippen molar-refractivity contribution in [2.75, 3.05) is 0 Å². The molecule has 0 amide bonds. The highest BCUT2D eigenvalue weighted by Crippen LogP contribution is 2.23. The molecule has 0 fully saturated rings. The Morgan fingerprint density at radius 3 is 2.00 bits per heavy atom. The van der Waals surface area contributed by atoms with E-state index in [-0.39, 0.29) is 5.92 Å². The molecule has 1 N–H and O–H groups in total. The van der Waals surface area contributed by atoms with E-state index in [0.29, 0.717) is 0 Å². The van der Waals surface area contributed by atoms with Crippen LogP contribution in [0.2, 0.25) is 13.1 Å². The van der Waals surface area contributed by atoms with E-state index in [4.69, 9.17) is 0 Å². The third kappa shape index (κ3) is 4.16. The van der Waals surface area contributed by atoms with Gasteiger partial charge in [0, 0.05) is 5.92 Å². The Morgan fingerprint density at radius 2 is 1.43 bits per heavy atom. The summed E-state index contributed by atoms with van der Waals surface area (Å²) in [5, 5.41) is 11.8. The van der Waals surface area contributed by atoms with E-state index in [2.05, 4.69) is 62.1 Å². The van der Waals surface area contributed by atoms with Crippen molar-refractivity contribution in [1.29, 1.82) is 0 Å². The van der Waals surface area contributed by atoms with Gasteiger partial charge in [-0.25, -0.2) is 0 Å². The number of aliphatic hydroxyl groups is 1. The molecule has 21 heavy (non-hydrogen) atoms. The van der Waals surface area contributed by atoms with Crippen LogP contribution in [0.5, 0.6) is 0 Å². The zero-order valence-electron chi connectivity index (χ0n) is 13.0. The second-order valence-corrected chi connectivity index (χ2v) is 10.5. The predicted octanol–water partition coefficient (Wildman–Crippen LogP) is 4.07. The minimum atomic E-state index is -1.58. The lowest BCUT2D eigenvalue weighted by atomic mass is 9.98. The fraction of sp³-hybridized carbons (Fsp3) is 0.263. The van der Waals surface area contributed by atoms with E-state index in [1.807, 2.05) is 30.3 Å². The van der Waals surface area contributed by atoms with E-state index in [1.54, 1.807) is 0 Å². The van der Waals surface area contributed by atoms with Crippen LogP contribution in [-0.2, 0) is 0 Å². The fourth-order valence-electron chi connectivity index (χ4n) is 2.42. The van der Waals surface area contributed by atoms with Gasteiger partial charge in [-0.05, 0) is 5.56 Å². The van der Waals surface area contributed by atoms with Crippen molar-refractivity contribution in [2.45, 2.75) is 26.1 Å². The van der Waals surface area contributed by atoms with Crippen LogP contribution in [0.4, 0.5) is 0 Å². The van der Waals surface area contributed by atoms with Crippen molar-refractivity contribution < 1.29 is 5.11 Å². The Labute approximate surface area is 129 Å². The maximum atomic E-state index is 10.4. The summed E-state index contributed by atoms with van der Waals surface area (Å²) in [5.41, 5.74) is 3.31. The van der Waals surface area contributed by atoms with Gasteiger partial charge in [-0.15, -0.1) is 0 Å². The monoisotopic (exact) mass is 296 g/mol. The molecule has 0 unspecified atom stereocenters. The van der Waals surface area contributed by atoms with Crippen molar-refractivity contribution in [3.63, 3.8) is 0 Å². The first kappa shape index (κ1) is 15.7.